The Hall–Kier alpha value is -1.32. The van der Waals surface area contributed by atoms with E-state index in [0.717, 1.165) is 25.7 Å². The highest BCUT2D eigenvalue weighted by Crippen LogP contribution is 2.38. The highest BCUT2D eigenvalue weighted by atomic mass is 16.5. The number of urea groups is 1. The Bertz CT molecular complexity index is 594. The number of carbonyl (C=O) groups excluding carboxylic acids is 2. The second-order valence-corrected chi connectivity index (χ2v) is 7.79. The van der Waals surface area contributed by atoms with Gasteiger partial charge in [-0.3, -0.25) is 4.79 Å². The van der Waals surface area contributed by atoms with Crippen molar-refractivity contribution >= 4 is 11.9 Å². The first kappa shape index (κ1) is 19.4. The number of rotatable bonds is 5. The van der Waals surface area contributed by atoms with E-state index in [1.54, 1.807) is 13.1 Å². The summed E-state index contributed by atoms with van der Waals surface area (Å²) in [6.07, 6.45) is 3.47. The van der Waals surface area contributed by atoms with E-state index < -0.39 is 30.4 Å². The lowest BCUT2D eigenvalue weighted by atomic mass is 9.79. The predicted molar refractivity (Wildman–Crippen MR) is 91.3 cm³/mol. The summed E-state index contributed by atoms with van der Waals surface area (Å²) < 4.78 is 5.59. The molecule has 1 aliphatic carbocycles. The van der Waals surface area contributed by atoms with Crippen molar-refractivity contribution in [2.75, 3.05) is 19.8 Å². The highest BCUT2D eigenvalue weighted by Gasteiger charge is 2.54. The molecule has 3 aliphatic rings. The Morgan fingerprint density at radius 3 is 2.50 bits per heavy atom. The van der Waals surface area contributed by atoms with Gasteiger partial charge >= 0.3 is 6.03 Å². The summed E-state index contributed by atoms with van der Waals surface area (Å²) in [7, 11) is 0. The van der Waals surface area contributed by atoms with E-state index in [1.807, 2.05) is 0 Å². The third-order valence-corrected chi connectivity index (χ3v) is 6.12. The summed E-state index contributed by atoms with van der Waals surface area (Å²) in [6, 6.07) is -0.473. The summed E-state index contributed by atoms with van der Waals surface area (Å²) in [5.74, 6) is -0.202. The monoisotopic (exact) mass is 369 g/mol. The van der Waals surface area contributed by atoms with Crippen LogP contribution in [0.25, 0.3) is 0 Å². The molecule has 2 heterocycles. The maximum absolute atomic E-state index is 12.9. The van der Waals surface area contributed by atoms with E-state index in [-0.39, 0.29) is 36.0 Å². The average Bonchev–Trinajstić information content (AvgIpc) is 3.01. The first-order valence-electron chi connectivity index (χ1n) is 9.39. The second-order valence-electron chi connectivity index (χ2n) is 7.79. The largest absolute Gasteiger partial charge is 0.430 e. The number of carbonyl (C=O) groups is 2. The molecule has 3 amide bonds. The minimum Gasteiger partial charge on any atom is -0.396 e. The molecular formula is C18H29N2O6+. The van der Waals surface area contributed by atoms with E-state index in [2.05, 4.69) is 5.32 Å². The van der Waals surface area contributed by atoms with Gasteiger partial charge in [-0.05, 0) is 25.7 Å². The molecule has 0 aromatic heterocycles. The summed E-state index contributed by atoms with van der Waals surface area (Å²) in [5, 5.41) is 31.7. The lowest BCUT2D eigenvalue weighted by molar-refractivity contribution is -0.856. The van der Waals surface area contributed by atoms with Gasteiger partial charge in [0.25, 0.3) is 5.91 Å². The smallest absolute Gasteiger partial charge is 0.396 e. The van der Waals surface area contributed by atoms with Crippen LogP contribution in [0.2, 0.25) is 0 Å². The Balaban J connectivity index is 1.94. The maximum Gasteiger partial charge on any atom is 0.430 e. The Labute approximate surface area is 153 Å². The van der Waals surface area contributed by atoms with E-state index in [9.17, 15) is 24.9 Å². The van der Waals surface area contributed by atoms with Gasteiger partial charge in [0.15, 0.2) is 0 Å². The third kappa shape index (κ3) is 3.44. The highest BCUT2D eigenvalue weighted by molar-refractivity contribution is 6.03. The van der Waals surface area contributed by atoms with Crippen LogP contribution in [-0.2, 0) is 9.53 Å². The molecule has 0 aromatic carbocycles. The van der Waals surface area contributed by atoms with Crippen LogP contribution in [0.1, 0.15) is 39.0 Å². The SMILES string of the molecule is CC1=C[N+](CC2CCCCC2CO)([C@H]2C[C@H](O)[C@@H](CO)O2)C(=O)NC1=O. The first-order chi connectivity index (χ1) is 12.4. The zero-order valence-corrected chi connectivity index (χ0v) is 15.1. The molecule has 8 heteroatoms. The molecule has 0 bridgehead atoms. The van der Waals surface area contributed by atoms with Crippen molar-refractivity contribution in [3.63, 3.8) is 0 Å². The van der Waals surface area contributed by atoms with Crippen LogP contribution in [0.4, 0.5) is 4.79 Å². The molecule has 3 unspecified atom stereocenters. The molecule has 6 atom stereocenters. The minimum atomic E-state index is -0.862. The number of amides is 3. The molecule has 146 valence electrons. The quantitative estimate of drug-likeness (QED) is 0.516. The van der Waals surface area contributed by atoms with Gasteiger partial charge in [0.1, 0.15) is 12.3 Å². The average molecular weight is 369 g/mol. The molecule has 8 nitrogen and oxygen atoms in total. The van der Waals surface area contributed by atoms with Crippen LogP contribution < -0.4 is 5.32 Å². The molecule has 2 aliphatic heterocycles. The van der Waals surface area contributed by atoms with Crippen LogP contribution in [0.15, 0.2) is 11.8 Å². The fraction of sp³-hybridized carbons (Fsp3) is 0.778. The van der Waals surface area contributed by atoms with Crippen molar-refractivity contribution < 1.29 is 34.1 Å². The van der Waals surface area contributed by atoms with Gasteiger partial charge in [-0.2, -0.15) is 4.48 Å². The molecule has 0 spiro atoms. The molecule has 0 aromatic rings. The maximum atomic E-state index is 12.9. The van der Waals surface area contributed by atoms with E-state index in [1.165, 1.54) is 0 Å². The van der Waals surface area contributed by atoms with Gasteiger partial charge < -0.3 is 20.1 Å². The molecule has 3 rings (SSSR count). The van der Waals surface area contributed by atoms with Crippen molar-refractivity contribution in [1.82, 2.24) is 5.32 Å². The van der Waals surface area contributed by atoms with Crippen LogP contribution >= 0.6 is 0 Å². The van der Waals surface area contributed by atoms with Crippen LogP contribution in [0.3, 0.4) is 0 Å². The van der Waals surface area contributed by atoms with Crippen molar-refractivity contribution in [3.05, 3.63) is 11.8 Å². The number of hydrogen-bond donors (Lipinski definition) is 4. The number of aliphatic hydroxyl groups is 3. The number of hydrogen-bond acceptors (Lipinski definition) is 6. The van der Waals surface area contributed by atoms with E-state index in [4.69, 9.17) is 4.74 Å². The fourth-order valence-corrected chi connectivity index (χ4v) is 4.55. The Morgan fingerprint density at radius 1 is 1.19 bits per heavy atom. The second kappa shape index (κ2) is 7.74. The zero-order chi connectivity index (χ0) is 18.9. The van der Waals surface area contributed by atoms with Gasteiger partial charge in [-0.1, -0.05) is 12.8 Å². The first-order valence-corrected chi connectivity index (χ1v) is 9.39. The number of ether oxygens (including phenoxy) is 1. The molecular weight excluding hydrogens is 340 g/mol. The van der Waals surface area contributed by atoms with Gasteiger partial charge in [0.05, 0.1) is 31.2 Å². The number of imide groups is 1. The van der Waals surface area contributed by atoms with E-state index >= 15 is 0 Å². The molecule has 1 saturated heterocycles. The summed E-state index contributed by atoms with van der Waals surface area (Å²) in [4.78, 5) is 24.9. The van der Waals surface area contributed by atoms with Gasteiger partial charge in [0.2, 0.25) is 6.23 Å². The summed E-state index contributed by atoms with van der Waals surface area (Å²) in [6.45, 7) is 1.79. The molecule has 4 N–H and O–H groups in total. The number of nitrogens with one attached hydrogen (secondary N) is 1. The summed E-state index contributed by atoms with van der Waals surface area (Å²) >= 11 is 0. The van der Waals surface area contributed by atoms with Crippen molar-refractivity contribution in [2.24, 2.45) is 11.8 Å². The van der Waals surface area contributed by atoms with Gasteiger partial charge in [-0.25, -0.2) is 10.1 Å². The molecule has 0 radical (unpaired) electrons. The number of nitrogens with zero attached hydrogens (tertiary/aromatic N) is 1. The summed E-state index contributed by atoms with van der Waals surface area (Å²) in [5.41, 5.74) is 0.423. The van der Waals surface area contributed by atoms with Crippen LogP contribution in [0, 0.1) is 11.8 Å². The van der Waals surface area contributed by atoms with Crippen molar-refractivity contribution in [1.29, 1.82) is 0 Å². The number of quaternary nitrogens is 1. The normalized spacial score (nSPS) is 41.1. The van der Waals surface area contributed by atoms with Gasteiger partial charge in [-0.15, -0.1) is 0 Å². The third-order valence-electron chi connectivity index (χ3n) is 6.12. The van der Waals surface area contributed by atoms with Gasteiger partial charge in [0, 0.05) is 12.5 Å². The zero-order valence-electron chi connectivity index (χ0n) is 15.1. The minimum absolute atomic E-state index is 0.0708. The molecule has 1 saturated carbocycles. The lowest BCUT2D eigenvalue weighted by Gasteiger charge is -2.43. The standard InChI is InChI=1S/C18H28N2O6/c1-11-7-20(18(25)19-17(11)24,16-6-14(23)15(10-22)26-16)8-12-4-2-3-5-13(12)9-21/h7,12-16,21-23H,2-6,8-10H2,1H3/p+1/t12?,13?,14-,15+,16+,20?/m0/s1. The van der Waals surface area contributed by atoms with E-state index in [0.29, 0.717) is 12.1 Å². The topological polar surface area (TPSA) is 116 Å². The van der Waals surface area contributed by atoms with Crippen molar-refractivity contribution in [2.45, 2.75) is 57.5 Å². The molecule has 26 heavy (non-hydrogen) atoms. The van der Waals surface area contributed by atoms with Crippen molar-refractivity contribution in [3.8, 4) is 0 Å². The van der Waals surface area contributed by atoms with Crippen LogP contribution in [-0.4, -0.2) is 69.9 Å². The Kier molecular flexibility index (Phi) is 5.78. The fourth-order valence-electron chi connectivity index (χ4n) is 4.55. The lowest BCUT2D eigenvalue weighted by Crippen LogP contribution is -2.65. The Morgan fingerprint density at radius 2 is 1.88 bits per heavy atom. The predicted octanol–water partition coefficient (Wildman–Crippen LogP) is 0.224. The molecule has 2 fully saturated rings. The number of aliphatic hydroxyl groups excluding tert-OH is 3. The van der Waals surface area contributed by atoms with Crippen LogP contribution in [0.5, 0.6) is 0 Å².